The summed E-state index contributed by atoms with van der Waals surface area (Å²) in [4.78, 5) is 38.7. The van der Waals surface area contributed by atoms with Gasteiger partial charge in [-0.1, -0.05) is 60.5 Å². The van der Waals surface area contributed by atoms with Crippen LogP contribution in [0.15, 0.2) is 48.5 Å². The lowest BCUT2D eigenvalue weighted by molar-refractivity contribution is -0.135. The largest absolute Gasteiger partial charge is 0.350 e. The normalized spacial score (nSPS) is 18.9. The van der Waals surface area contributed by atoms with Gasteiger partial charge in [0.1, 0.15) is 12.1 Å². The average Bonchev–Trinajstić information content (AvgIpc) is 2.93. The maximum Gasteiger partial charge on any atom is 0.325 e. The third kappa shape index (κ3) is 3.87. The van der Waals surface area contributed by atoms with Crippen molar-refractivity contribution in [3.05, 3.63) is 70.2 Å². The summed E-state index contributed by atoms with van der Waals surface area (Å²) >= 11 is 5.93. The first-order valence-corrected chi connectivity index (χ1v) is 9.46. The Morgan fingerprint density at radius 1 is 1.11 bits per heavy atom. The fraction of sp³-hybridized carbons (Fsp3) is 0.286. The van der Waals surface area contributed by atoms with Crippen molar-refractivity contribution >= 4 is 29.4 Å². The van der Waals surface area contributed by atoms with Crippen molar-refractivity contribution in [3.8, 4) is 0 Å². The molecular formula is C21H22ClN3O3. The number of carbonyl (C=O) groups is 3. The van der Waals surface area contributed by atoms with Crippen LogP contribution in [0.2, 0.25) is 5.02 Å². The zero-order chi connectivity index (χ0) is 20.3. The van der Waals surface area contributed by atoms with Gasteiger partial charge in [0.05, 0.1) is 0 Å². The van der Waals surface area contributed by atoms with E-state index in [1.807, 2.05) is 38.1 Å². The monoisotopic (exact) mass is 399 g/mol. The lowest BCUT2D eigenvalue weighted by Crippen LogP contribution is -2.44. The van der Waals surface area contributed by atoms with E-state index in [2.05, 4.69) is 10.6 Å². The summed E-state index contributed by atoms with van der Waals surface area (Å²) in [6.45, 7) is 3.80. The number of rotatable bonds is 6. The van der Waals surface area contributed by atoms with Crippen molar-refractivity contribution in [1.29, 1.82) is 0 Å². The second-order valence-electron chi connectivity index (χ2n) is 6.85. The Hall–Kier alpha value is -2.86. The molecule has 1 heterocycles. The quantitative estimate of drug-likeness (QED) is 0.732. The molecule has 7 heteroatoms. The molecule has 2 aromatic carbocycles. The number of nitrogens with one attached hydrogen (secondary N) is 2. The third-order valence-electron chi connectivity index (χ3n) is 4.96. The minimum absolute atomic E-state index is 0.328. The molecule has 0 unspecified atom stereocenters. The van der Waals surface area contributed by atoms with Crippen LogP contribution in [-0.2, 0) is 21.7 Å². The van der Waals surface area contributed by atoms with Gasteiger partial charge in [-0.05, 0) is 36.6 Å². The number of nitrogens with zero attached hydrogens (tertiary/aromatic N) is 1. The Balaban J connectivity index is 1.69. The number of hydrogen-bond acceptors (Lipinski definition) is 3. The molecule has 4 amide bonds. The Morgan fingerprint density at radius 2 is 1.75 bits per heavy atom. The SMILES string of the molecule is CC[C@@]1(c2ccc(Cl)cc2)NC(=O)N(CC(=O)NCc2ccc(C)cc2)C1=O. The van der Waals surface area contributed by atoms with E-state index in [4.69, 9.17) is 11.6 Å². The number of imide groups is 1. The van der Waals surface area contributed by atoms with Crippen LogP contribution in [0.5, 0.6) is 0 Å². The van der Waals surface area contributed by atoms with E-state index in [0.717, 1.165) is 16.0 Å². The van der Waals surface area contributed by atoms with E-state index in [0.29, 0.717) is 23.6 Å². The molecule has 1 saturated heterocycles. The van der Waals surface area contributed by atoms with Crippen LogP contribution >= 0.6 is 11.6 Å². The number of amides is 4. The van der Waals surface area contributed by atoms with Crippen molar-refractivity contribution in [1.82, 2.24) is 15.5 Å². The molecule has 2 N–H and O–H groups in total. The predicted octanol–water partition coefficient (Wildman–Crippen LogP) is 3.12. The highest BCUT2D eigenvalue weighted by Gasteiger charge is 2.51. The highest BCUT2D eigenvalue weighted by molar-refractivity contribution is 6.30. The second kappa shape index (κ2) is 8.02. The molecule has 146 valence electrons. The number of urea groups is 1. The number of halogens is 1. The molecule has 3 rings (SSSR count). The van der Waals surface area contributed by atoms with Gasteiger partial charge in [0, 0.05) is 11.6 Å². The van der Waals surface area contributed by atoms with Crippen LogP contribution in [-0.4, -0.2) is 29.3 Å². The van der Waals surface area contributed by atoms with E-state index >= 15 is 0 Å². The first kappa shape index (κ1) is 19.9. The Bertz CT molecular complexity index is 896. The highest BCUT2D eigenvalue weighted by atomic mass is 35.5. The van der Waals surface area contributed by atoms with Gasteiger partial charge < -0.3 is 10.6 Å². The molecule has 28 heavy (non-hydrogen) atoms. The van der Waals surface area contributed by atoms with Gasteiger partial charge in [0.25, 0.3) is 5.91 Å². The van der Waals surface area contributed by atoms with Crippen LogP contribution < -0.4 is 10.6 Å². The van der Waals surface area contributed by atoms with Gasteiger partial charge in [0.2, 0.25) is 5.91 Å². The molecular weight excluding hydrogens is 378 g/mol. The molecule has 0 saturated carbocycles. The third-order valence-corrected chi connectivity index (χ3v) is 5.21. The number of aryl methyl sites for hydroxylation is 1. The van der Waals surface area contributed by atoms with E-state index in [1.54, 1.807) is 24.3 Å². The first-order chi connectivity index (χ1) is 13.4. The molecule has 6 nitrogen and oxygen atoms in total. The van der Waals surface area contributed by atoms with E-state index in [1.165, 1.54) is 0 Å². The number of benzene rings is 2. The van der Waals surface area contributed by atoms with Gasteiger partial charge in [-0.3, -0.25) is 14.5 Å². The van der Waals surface area contributed by atoms with Gasteiger partial charge in [0.15, 0.2) is 0 Å². The Morgan fingerprint density at radius 3 is 2.36 bits per heavy atom. The van der Waals surface area contributed by atoms with Crippen LogP contribution in [0.4, 0.5) is 4.79 Å². The maximum absolute atomic E-state index is 13.0. The zero-order valence-corrected chi connectivity index (χ0v) is 16.5. The standard InChI is InChI=1S/C21H22ClN3O3/c1-3-21(16-8-10-17(22)11-9-16)19(27)25(20(28)24-21)13-18(26)23-12-15-6-4-14(2)5-7-15/h4-11H,3,12-13H2,1-2H3,(H,23,26)(H,24,28)/t21-/m0/s1. The predicted molar refractivity (Wildman–Crippen MR) is 107 cm³/mol. The minimum Gasteiger partial charge on any atom is -0.350 e. The Kier molecular flexibility index (Phi) is 5.70. The van der Waals surface area contributed by atoms with Crippen molar-refractivity contribution < 1.29 is 14.4 Å². The summed E-state index contributed by atoms with van der Waals surface area (Å²) in [5.74, 6) is -0.833. The molecule has 0 aromatic heterocycles. The summed E-state index contributed by atoms with van der Waals surface area (Å²) in [7, 11) is 0. The number of hydrogen-bond donors (Lipinski definition) is 2. The lowest BCUT2D eigenvalue weighted by Gasteiger charge is -2.25. The minimum atomic E-state index is -1.18. The summed E-state index contributed by atoms with van der Waals surface area (Å²) < 4.78 is 0. The zero-order valence-electron chi connectivity index (χ0n) is 15.8. The van der Waals surface area contributed by atoms with Crippen molar-refractivity contribution in [2.45, 2.75) is 32.4 Å². The lowest BCUT2D eigenvalue weighted by atomic mass is 9.87. The fourth-order valence-corrected chi connectivity index (χ4v) is 3.38. The van der Waals surface area contributed by atoms with Crippen molar-refractivity contribution in [2.24, 2.45) is 0 Å². The molecule has 0 radical (unpaired) electrons. The molecule has 0 aliphatic carbocycles. The molecule has 1 aliphatic heterocycles. The van der Waals surface area contributed by atoms with E-state index in [-0.39, 0.29) is 6.54 Å². The molecule has 0 spiro atoms. The van der Waals surface area contributed by atoms with E-state index < -0.39 is 23.4 Å². The first-order valence-electron chi connectivity index (χ1n) is 9.08. The van der Waals surface area contributed by atoms with Crippen molar-refractivity contribution in [3.63, 3.8) is 0 Å². The van der Waals surface area contributed by atoms with Gasteiger partial charge in [-0.2, -0.15) is 0 Å². The summed E-state index contributed by atoms with van der Waals surface area (Å²) in [5.41, 5.74) is 1.53. The van der Waals surface area contributed by atoms with Crippen LogP contribution in [0.1, 0.15) is 30.0 Å². The number of carbonyl (C=O) groups excluding carboxylic acids is 3. The van der Waals surface area contributed by atoms with Gasteiger partial charge in [-0.25, -0.2) is 4.79 Å². The summed E-state index contributed by atoms with van der Waals surface area (Å²) in [5, 5.41) is 6.04. The average molecular weight is 400 g/mol. The fourth-order valence-electron chi connectivity index (χ4n) is 3.25. The maximum atomic E-state index is 13.0. The summed E-state index contributed by atoms with van der Waals surface area (Å²) in [6.07, 6.45) is 0.362. The molecule has 1 aliphatic rings. The summed E-state index contributed by atoms with van der Waals surface area (Å²) in [6, 6.07) is 14.0. The van der Waals surface area contributed by atoms with Crippen LogP contribution in [0.3, 0.4) is 0 Å². The smallest absolute Gasteiger partial charge is 0.325 e. The van der Waals surface area contributed by atoms with Gasteiger partial charge >= 0.3 is 6.03 Å². The molecule has 0 bridgehead atoms. The van der Waals surface area contributed by atoms with E-state index in [9.17, 15) is 14.4 Å². The molecule has 1 atom stereocenters. The second-order valence-corrected chi connectivity index (χ2v) is 7.29. The van der Waals surface area contributed by atoms with Crippen molar-refractivity contribution in [2.75, 3.05) is 6.54 Å². The van der Waals surface area contributed by atoms with Gasteiger partial charge in [-0.15, -0.1) is 0 Å². The Labute approximate surface area is 168 Å². The molecule has 1 fully saturated rings. The molecule has 2 aromatic rings. The highest BCUT2D eigenvalue weighted by Crippen LogP contribution is 2.32. The van der Waals surface area contributed by atoms with Crippen LogP contribution in [0.25, 0.3) is 0 Å². The van der Waals surface area contributed by atoms with Crippen LogP contribution in [0, 0.1) is 6.92 Å². The topological polar surface area (TPSA) is 78.5 Å².